The molecule has 7 nitrogen and oxygen atoms in total. The monoisotopic (exact) mass is 444 g/mol. The van der Waals surface area contributed by atoms with E-state index in [0.29, 0.717) is 12.1 Å². The third-order valence-corrected chi connectivity index (χ3v) is 7.44. The highest BCUT2D eigenvalue weighted by atomic mass is 16.6. The number of carbonyl (C=O) groups excluding carboxylic acids is 1. The first kappa shape index (κ1) is 20.4. The predicted molar refractivity (Wildman–Crippen MR) is 123 cm³/mol. The standard InChI is InChI=1S/C26H28N4O3/c1-16-20-10-9-17(6-5-11-26(2)24(33-26)23(20)32-25(16)31)14-30-15-19(28-29-30)12-18-13-27-22-8-4-3-7-21(18)22/h3-4,6-8,13,15,20,23-24,27H,1,5,9-12,14H2,2H3/b17-6+/t20-,23-,24-,26+/m0/s1. The van der Waals surface area contributed by atoms with Gasteiger partial charge in [-0.3, -0.25) is 0 Å². The second-order valence-corrected chi connectivity index (χ2v) is 9.74. The van der Waals surface area contributed by atoms with Crippen molar-refractivity contribution in [2.75, 3.05) is 0 Å². The Labute approximate surface area is 192 Å². The first-order valence-electron chi connectivity index (χ1n) is 11.7. The summed E-state index contributed by atoms with van der Waals surface area (Å²) in [7, 11) is 0. The summed E-state index contributed by atoms with van der Waals surface area (Å²) in [6, 6.07) is 8.30. The highest BCUT2D eigenvalue weighted by Gasteiger charge is 2.61. The van der Waals surface area contributed by atoms with Gasteiger partial charge in [-0.15, -0.1) is 5.10 Å². The number of H-pyrrole nitrogens is 1. The van der Waals surface area contributed by atoms with Crippen LogP contribution in [-0.4, -0.2) is 43.8 Å². The molecule has 0 unspecified atom stereocenters. The quantitative estimate of drug-likeness (QED) is 0.283. The molecule has 0 saturated carbocycles. The Morgan fingerprint density at radius 2 is 2.21 bits per heavy atom. The lowest BCUT2D eigenvalue weighted by Crippen LogP contribution is -2.29. The van der Waals surface area contributed by atoms with Gasteiger partial charge >= 0.3 is 5.97 Å². The lowest BCUT2D eigenvalue weighted by atomic mass is 9.84. The Morgan fingerprint density at radius 3 is 3.12 bits per heavy atom. The molecule has 1 aromatic carbocycles. The predicted octanol–water partition coefficient (Wildman–Crippen LogP) is 4.11. The largest absolute Gasteiger partial charge is 0.455 e. The number of aromatic amines is 1. The SMILES string of the molecule is C=C1C(=O)O[C@H]2[C@H]1CC/C(Cn1cc(Cc3c[nH]c4ccccc34)nn1)=C\CC[C@@]1(C)O[C@@H]21. The van der Waals surface area contributed by atoms with Gasteiger partial charge in [-0.2, -0.15) is 0 Å². The lowest BCUT2D eigenvalue weighted by molar-refractivity contribution is -0.140. The number of allylic oxidation sites excluding steroid dienone is 2. The maximum Gasteiger partial charge on any atom is 0.334 e. The maximum absolute atomic E-state index is 12.2. The van der Waals surface area contributed by atoms with Crippen molar-refractivity contribution in [3.05, 3.63) is 71.7 Å². The molecule has 33 heavy (non-hydrogen) atoms. The van der Waals surface area contributed by atoms with E-state index in [1.54, 1.807) is 0 Å². The summed E-state index contributed by atoms with van der Waals surface area (Å²) in [6.07, 6.45) is 10.5. The van der Waals surface area contributed by atoms with Gasteiger partial charge in [0, 0.05) is 41.2 Å². The van der Waals surface area contributed by atoms with Crippen LogP contribution in [0.15, 0.2) is 60.5 Å². The van der Waals surface area contributed by atoms with E-state index in [4.69, 9.17) is 9.47 Å². The van der Waals surface area contributed by atoms with E-state index in [2.05, 4.69) is 59.3 Å². The molecular weight excluding hydrogens is 416 g/mol. The van der Waals surface area contributed by atoms with Gasteiger partial charge in [0.25, 0.3) is 0 Å². The van der Waals surface area contributed by atoms with Gasteiger partial charge in [-0.25, -0.2) is 9.48 Å². The zero-order valence-corrected chi connectivity index (χ0v) is 18.8. The molecule has 2 saturated heterocycles. The molecule has 4 heterocycles. The van der Waals surface area contributed by atoms with Crippen molar-refractivity contribution in [3.8, 4) is 0 Å². The van der Waals surface area contributed by atoms with Crippen LogP contribution in [0.1, 0.15) is 43.9 Å². The number of nitrogens with zero attached hydrogens (tertiary/aromatic N) is 3. The molecule has 1 N–H and O–H groups in total. The highest BCUT2D eigenvalue weighted by molar-refractivity contribution is 5.91. The molecule has 7 heteroatoms. The van der Waals surface area contributed by atoms with Crippen LogP contribution < -0.4 is 0 Å². The van der Waals surface area contributed by atoms with Crippen LogP contribution in [0, 0.1) is 5.92 Å². The van der Waals surface area contributed by atoms with Gasteiger partial charge in [0.1, 0.15) is 12.2 Å². The van der Waals surface area contributed by atoms with Crippen LogP contribution in [0.4, 0.5) is 0 Å². The number of para-hydroxylation sites is 1. The van der Waals surface area contributed by atoms with Crippen molar-refractivity contribution in [2.45, 2.75) is 63.4 Å². The van der Waals surface area contributed by atoms with Gasteiger partial charge in [0.05, 0.1) is 17.8 Å². The Bertz CT molecular complexity index is 1270. The van der Waals surface area contributed by atoms with Crippen LogP contribution in [-0.2, 0) is 27.2 Å². The summed E-state index contributed by atoms with van der Waals surface area (Å²) in [5.41, 5.74) is 4.97. The average molecular weight is 445 g/mol. The zero-order valence-electron chi connectivity index (χ0n) is 18.8. The Morgan fingerprint density at radius 1 is 1.33 bits per heavy atom. The molecule has 4 atom stereocenters. The first-order valence-corrected chi connectivity index (χ1v) is 11.7. The van der Waals surface area contributed by atoms with E-state index in [1.807, 2.05) is 16.9 Å². The number of carbonyl (C=O) groups is 1. The lowest BCUT2D eigenvalue weighted by Gasteiger charge is -2.20. The number of hydrogen-bond acceptors (Lipinski definition) is 5. The van der Waals surface area contributed by atoms with Gasteiger partial charge in [0.2, 0.25) is 0 Å². The van der Waals surface area contributed by atoms with E-state index in [9.17, 15) is 4.79 Å². The fraction of sp³-hybridized carbons (Fsp3) is 0.423. The number of rotatable bonds is 4. The minimum Gasteiger partial charge on any atom is -0.455 e. The fourth-order valence-corrected chi connectivity index (χ4v) is 5.44. The summed E-state index contributed by atoms with van der Waals surface area (Å²) in [4.78, 5) is 15.5. The second kappa shape index (κ2) is 7.70. The molecule has 2 fully saturated rings. The maximum atomic E-state index is 12.2. The topological polar surface area (TPSA) is 85.3 Å². The minimum atomic E-state index is -0.272. The molecule has 0 radical (unpaired) electrons. The summed E-state index contributed by atoms with van der Waals surface area (Å²) in [5.74, 6) is -0.259. The second-order valence-electron chi connectivity index (χ2n) is 9.74. The third-order valence-electron chi connectivity index (χ3n) is 7.44. The highest BCUT2D eigenvalue weighted by Crippen LogP contribution is 2.49. The number of nitrogens with one attached hydrogen (secondary N) is 1. The van der Waals surface area contributed by atoms with E-state index in [1.165, 1.54) is 16.5 Å². The van der Waals surface area contributed by atoms with Gasteiger partial charge in [-0.1, -0.05) is 41.6 Å². The number of fused-ring (bicyclic) bond motifs is 4. The molecule has 1 aliphatic carbocycles. The van der Waals surface area contributed by atoms with Crippen LogP contribution in [0.2, 0.25) is 0 Å². The fourth-order valence-electron chi connectivity index (χ4n) is 5.44. The number of aromatic nitrogens is 4. The summed E-state index contributed by atoms with van der Waals surface area (Å²) in [6.45, 7) is 6.82. The number of ether oxygens (including phenoxy) is 2. The molecule has 2 aromatic heterocycles. The van der Waals surface area contributed by atoms with Crippen LogP contribution in [0.25, 0.3) is 10.9 Å². The van der Waals surface area contributed by atoms with Crippen LogP contribution >= 0.6 is 0 Å². The van der Waals surface area contributed by atoms with E-state index >= 15 is 0 Å². The normalized spacial score (nSPS) is 30.9. The van der Waals surface area contributed by atoms with Crippen molar-refractivity contribution in [3.63, 3.8) is 0 Å². The van der Waals surface area contributed by atoms with Crippen molar-refractivity contribution in [1.29, 1.82) is 0 Å². The molecule has 2 aliphatic heterocycles. The number of esters is 1. The summed E-state index contributed by atoms with van der Waals surface area (Å²) >= 11 is 0. The van der Waals surface area contributed by atoms with Crippen molar-refractivity contribution in [2.24, 2.45) is 5.92 Å². The molecule has 0 amide bonds. The molecule has 6 rings (SSSR count). The van der Waals surface area contributed by atoms with E-state index < -0.39 is 0 Å². The number of benzene rings is 1. The van der Waals surface area contributed by atoms with Crippen LogP contribution in [0.3, 0.4) is 0 Å². The molecule has 0 bridgehead atoms. The smallest absolute Gasteiger partial charge is 0.334 e. The summed E-state index contributed by atoms with van der Waals surface area (Å²) < 4.78 is 13.6. The van der Waals surface area contributed by atoms with Gasteiger partial charge in [-0.05, 0) is 44.2 Å². The van der Waals surface area contributed by atoms with Crippen molar-refractivity contribution in [1.82, 2.24) is 20.0 Å². The van der Waals surface area contributed by atoms with Crippen molar-refractivity contribution < 1.29 is 14.3 Å². The molecule has 3 aliphatic rings. The first-order chi connectivity index (χ1) is 16.0. The van der Waals surface area contributed by atoms with Gasteiger partial charge < -0.3 is 14.5 Å². The van der Waals surface area contributed by atoms with Gasteiger partial charge in [0.15, 0.2) is 0 Å². The number of epoxide rings is 1. The summed E-state index contributed by atoms with van der Waals surface area (Å²) in [5, 5.41) is 10.0. The molecule has 170 valence electrons. The Hall–Kier alpha value is -3.19. The molecule has 0 spiro atoms. The Balaban J connectivity index is 1.17. The van der Waals surface area contributed by atoms with E-state index in [0.717, 1.165) is 43.3 Å². The van der Waals surface area contributed by atoms with E-state index in [-0.39, 0.29) is 29.7 Å². The molecule has 3 aromatic rings. The average Bonchev–Trinajstić information content (AvgIpc) is 3.12. The van der Waals surface area contributed by atoms with Crippen molar-refractivity contribution >= 4 is 16.9 Å². The zero-order chi connectivity index (χ0) is 22.6. The van der Waals surface area contributed by atoms with Crippen LogP contribution in [0.5, 0.6) is 0 Å². The molecular formula is C26H28N4O3. The Kier molecular flexibility index (Phi) is 4.76. The third kappa shape index (κ3) is 3.70. The minimum absolute atomic E-state index is 0.0111. The number of hydrogen-bond donors (Lipinski definition) is 1.